The second kappa shape index (κ2) is 5.47. The van der Waals surface area contributed by atoms with Crippen LogP contribution < -0.4 is 0 Å². The normalized spacial score (nSPS) is 9.94. The second-order valence-corrected chi connectivity index (χ2v) is 3.94. The van der Waals surface area contributed by atoms with Gasteiger partial charge in [0.1, 0.15) is 11.7 Å². The molecule has 0 atom stereocenters. The summed E-state index contributed by atoms with van der Waals surface area (Å²) in [5.74, 6) is -0.208. The number of carbonyl (C=O) groups is 1. The van der Waals surface area contributed by atoms with Gasteiger partial charge in [0.15, 0.2) is 0 Å². The minimum absolute atomic E-state index is 0.0252. The van der Waals surface area contributed by atoms with Crippen LogP contribution in [-0.2, 0) is 0 Å². The van der Waals surface area contributed by atoms with Crippen molar-refractivity contribution in [2.24, 2.45) is 0 Å². The number of rotatable bonds is 3. The molecule has 0 aromatic carbocycles. The maximum Gasteiger partial charge on any atom is 0.256 e. The van der Waals surface area contributed by atoms with Gasteiger partial charge in [0.05, 0.1) is 11.6 Å². The third-order valence-corrected chi connectivity index (χ3v) is 2.32. The van der Waals surface area contributed by atoms with Gasteiger partial charge in [0.2, 0.25) is 0 Å². The summed E-state index contributed by atoms with van der Waals surface area (Å²) in [6.45, 7) is 3.79. The molecule has 0 aliphatic rings. The lowest BCUT2D eigenvalue weighted by Crippen LogP contribution is -2.37. The first kappa shape index (κ1) is 12.5. The summed E-state index contributed by atoms with van der Waals surface area (Å²) >= 11 is 5.63. The molecule has 0 spiro atoms. The van der Waals surface area contributed by atoms with Gasteiger partial charge >= 0.3 is 0 Å². The highest BCUT2D eigenvalue weighted by molar-refractivity contribution is 6.29. The molecule has 0 radical (unpaired) electrons. The van der Waals surface area contributed by atoms with Crippen molar-refractivity contribution in [2.45, 2.75) is 19.9 Å². The smallest absolute Gasteiger partial charge is 0.256 e. The van der Waals surface area contributed by atoms with Crippen LogP contribution in [0.25, 0.3) is 0 Å². The van der Waals surface area contributed by atoms with E-state index in [0.717, 1.165) is 0 Å². The van der Waals surface area contributed by atoms with E-state index in [1.807, 2.05) is 19.9 Å². The van der Waals surface area contributed by atoms with E-state index >= 15 is 0 Å². The number of amides is 1. The fraction of sp³-hybridized carbons (Fsp3) is 0.364. The van der Waals surface area contributed by atoms with Crippen molar-refractivity contribution in [3.8, 4) is 6.07 Å². The monoisotopic (exact) mass is 237 g/mol. The molecule has 1 aromatic rings. The highest BCUT2D eigenvalue weighted by Gasteiger charge is 2.18. The average molecular weight is 238 g/mol. The van der Waals surface area contributed by atoms with Gasteiger partial charge in [0.25, 0.3) is 5.91 Å². The van der Waals surface area contributed by atoms with E-state index in [2.05, 4.69) is 4.98 Å². The minimum atomic E-state index is -0.208. The van der Waals surface area contributed by atoms with Gasteiger partial charge in [0, 0.05) is 12.2 Å². The highest BCUT2D eigenvalue weighted by atomic mass is 35.5. The summed E-state index contributed by atoms with van der Waals surface area (Å²) in [4.78, 5) is 17.3. The SMILES string of the molecule is CC(C)N(CC#N)C(=O)c1ccc(Cl)nc1. The number of hydrogen-bond acceptors (Lipinski definition) is 3. The molecule has 84 valence electrons. The Kier molecular flexibility index (Phi) is 4.27. The molecule has 0 N–H and O–H groups in total. The lowest BCUT2D eigenvalue weighted by atomic mass is 10.2. The minimum Gasteiger partial charge on any atom is -0.323 e. The van der Waals surface area contributed by atoms with Crippen LogP contribution in [0.1, 0.15) is 24.2 Å². The standard InChI is InChI=1S/C11H12ClN3O/c1-8(2)15(6-5-13)11(16)9-3-4-10(12)14-7-9/h3-4,7-8H,6H2,1-2H3. The van der Waals surface area contributed by atoms with Crippen LogP contribution in [0, 0.1) is 11.3 Å². The zero-order valence-corrected chi connectivity index (χ0v) is 9.90. The van der Waals surface area contributed by atoms with Crippen molar-refractivity contribution in [3.05, 3.63) is 29.0 Å². The van der Waals surface area contributed by atoms with Crippen molar-refractivity contribution >= 4 is 17.5 Å². The number of aromatic nitrogens is 1. The van der Waals surface area contributed by atoms with Gasteiger partial charge in [-0.1, -0.05) is 11.6 Å². The van der Waals surface area contributed by atoms with Gasteiger partial charge in [-0.3, -0.25) is 4.79 Å². The molecule has 1 rings (SSSR count). The molecule has 1 amide bonds. The van der Waals surface area contributed by atoms with Gasteiger partial charge in [-0.05, 0) is 26.0 Å². The summed E-state index contributed by atoms with van der Waals surface area (Å²) < 4.78 is 0. The Labute approximate surface area is 99.5 Å². The third-order valence-electron chi connectivity index (χ3n) is 2.10. The zero-order valence-electron chi connectivity index (χ0n) is 9.14. The lowest BCUT2D eigenvalue weighted by molar-refractivity contribution is 0.0731. The lowest BCUT2D eigenvalue weighted by Gasteiger charge is -2.23. The largest absolute Gasteiger partial charge is 0.323 e. The van der Waals surface area contributed by atoms with Gasteiger partial charge in [-0.2, -0.15) is 5.26 Å². The number of halogens is 1. The van der Waals surface area contributed by atoms with Crippen molar-refractivity contribution in [3.63, 3.8) is 0 Å². The number of nitriles is 1. The summed E-state index contributed by atoms with van der Waals surface area (Å²) in [5, 5.41) is 8.99. The third kappa shape index (κ3) is 2.94. The van der Waals surface area contributed by atoms with E-state index in [1.165, 1.54) is 11.1 Å². The molecule has 1 aromatic heterocycles. The number of hydrogen-bond donors (Lipinski definition) is 0. The van der Waals surface area contributed by atoms with E-state index in [0.29, 0.717) is 10.7 Å². The summed E-state index contributed by atoms with van der Waals surface area (Å²) in [6, 6.07) is 5.10. The second-order valence-electron chi connectivity index (χ2n) is 3.55. The van der Waals surface area contributed by atoms with Crippen LogP contribution in [0.5, 0.6) is 0 Å². The predicted octanol–water partition coefficient (Wildman–Crippen LogP) is 2.11. The van der Waals surface area contributed by atoms with Gasteiger partial charge in [-0.15, -0.1) is 0 Å². The number of pyridine rings is 1. The molecule has 16 heavy (non-hydrogen) atoms. The van der Waals surface area contributed by atoms with Crippen LogP contribution in [0.15, 0.2) is 18.3 Å². The fourth-order valence-corrected chi connectivity index (χ4v) is 1.35. The molecule has 0 aliphatic carbocycles. The van der Waals surface area contributed by atoms with Crippen LogP contribution in [0.2, 0.25) is 5.15 Å². The molecule has 4 nitrogen and oxygen atoms in total. The maximum absolute atomic E-state index is 12.0. The van der Waals surface area contributed by atoms with Crippen molar-refractivity contribution in [2.75, 3.05) is 6.54 Å². The van der Waals surface area contributed by atoms with E-state index in [9.17, 15) is 4.79 Å². The van der Waals surface area contributed by atoms with Gasteiger partial charge in [-0.25, -0.2) is 4.98 Å². The average Bonchev–Trinajstić information content (AvgIpc) is 2.25. The first-order valence-corrected chi connectivity index (χ1v) is 5.23. The highest BCUT2D eigenvalue weighted by Crippen LogP contribution is 2.10. The molecular formula is C11H12ClN3O. The van der Waals surface area contributed by atoms with E-state index < -0.39 is 0 Å². The molecule has 1 heterocycles. The molecule has 0 fully saturated rings. The molecule has 0 saturated carbocycles. The van der Waals surface area contributed by atoms with E-state index in [4.69, 9.17) is 16.9 Å². The summed E-state index contributed by atoms with van der Waals surface area (Å²) in [5.41, 5.74) is 0.438. The van der Waals surface area contributed by atoms with Crippen LogP contribution in [0.3, 0.4) is 0 Å². The number of carbonyl (C=O) groups excluding carboxylic acids is 1. The van der Waals surface area contributed by atoms with E-state index in [1.54, 1.807) is 12.1 Å². The predicted molar refractivity (Wildman–Crippen MR) is 61.0 cm³/mol. The van der Waals surface area contributed by atoms with Crippen LogP contribution in [-0.4, -0.2) is 28.4 Å². The summed E-state index contributed by atoms with van der Waals surface area (Å²) in [6.07, 6.45) is 1.41. The van der Waals surface area contributed by atoms with Crippen LogP contribution in [0.4, 0.5) is 0 Å². The van der Waals surface area contributed by atoms with Gasteiger partial charge < -0.3 is 4.90 Å². The Hall–Kier alpha value is -1.60. The quantitative estimate of drug-likeness (QED) is 0.598. The Morgan fingerprint density at radius 2 is 2.31 bits per heavy atom. The molecular weight excluding hydrogens is 226 g/mol. The fourth-order valence-electron chi connectivity index (χ4n) is 1.23. The van der Waals surface area contributed by atoms with Crippen LogP contribution >= 0.6 is 11.6 Å². The topological polar surface area (TPSA) is 57.0 Å². The Morgan fingerprint density at radius 1 is 1.62 bits per heavy atom. The number of nitrogens with zero attached hydrogens (tertiary/aromatic N) is 3. The maximum atomic E-state index is 12.0. The zero-order chi connectivity index (χ0) is 12.1. The van der Waals surface area contributed by atoms with Crippen molar-refractivity contribution < 1.29 is 4.79 Å². The summed E-state index contributed by atoms with van der Waals surface area (Å²) in [7, 11) is 0. The van der Waals surface area contributed by atoms with E-state index in [-0.39, 0.29) is 18.5 Å². The first-order valence-electron chi connectivity index (χ1n) is 4.85. The molecule has 5 heteroatoms. The Bertz CT molecular complexity index is 408. The van der Waals surface area contributed by atoms with Crippen molar-refractivity contribution in [1.29, 1.82) is 5.26 Å². The molecule has 0 unspecified atom stereocenters. The molecule has 0 aliphatic heterocycles. The Morgan fingerprint density at radius 3 is 2.75 bits per heavy atom. The first-order chi connectivity index (χ1) is 7.56. The van der Waals surface area contributed by atoms with Crippen molar-refractivity contribution in [1.82, 2.24) is 9.88 Å². The Balaban J connectivity index is 2.91. The molecule has 0 saturated heterocycles. The molecule has 0 bridgehead atoms.